The molecule has 0 amide bonds. The fraction of sp³-hybridized carbons (Fsp3) is 0.188. The molecule has 4 nitrogen and oxygen atoms in total. The van der Waals surface area contributed by atoms with Gasteiger partial charge in [-0.05, 0) is 36.9 Å². The number of halogens is 2. The second-order valence-corrected chi connectivity index (χ2v) is 5.82. The Morgan fingerprint density at radius 3 is 2.70 bits per heavy atom. The Labute approximate surface area is 136 Å². The summed E-state index contributed by atoms with van der Waals surface area (Å²) in [5.41, 5.74) is 2.49. The predicted octanol–water partition coefficient (Wildman–Crippen LogP) is 4.50. The first kappa shape index (κ1) is 15.6. The fourth-order valence-corrected chi connectivity index (χ4v) is 2.65. The zero-order valence-electron chi connectivity index (χ0n) is 12.5. The maximum absolute atomic E-state index is 12.9. The fourth-order valence-electron chi connectivity index (χ4n) is 2.24. The average molecular weight is 332 g/mol. The summed E-state index contributed by atoms with van der Waals surface area (Å²) in [6, 6.07) is 5.69. The van der Waals surface area contributed by atoms with Crippen molar-refractivity contribution in [2.24, 2.45) is 0 Å². The van der Waals surface area contributed by atoms with E-state index in [-0.39, 0.29) is 5.69 Å². The molecule has 3 aromatic heterocycles. The van der Waals surface area contributed by atoms with Gasteiger partial charge in [-0.2, -0.15) is 0 Å². The van der Waals surface area contributed by atoms with Gasteiger partial charge in [0.25, 0.3) is 6.43 Å². The van der Waals surface area contributed by atoms with E-state index in [0.29, 0.717) is 17.2 Å². The summed E-state index contributed by atoms with van der Waals surface area (Å²) in [6.07, 6.45) is 4.57. The molecule has 0 aliphatic heterocycles. The third-order valence-corrected chi connectivity index (χ3v) is 4.11. The van der Waals surface area contributed by atoms with E-state index in [2.05, 4.69) is 19.9 Å². The molecule has 0 radical (unpaired) electrons. The number of imidazole rings is 1. The minimum atomic E-state index is -2.61. The van der Waals surface area contributed by atoms with Crippen LogP contribution in [0.3, 0.4) is 0 Å². The van der Waals surface area contributed by atoms with Gasteiger partial charge in [-0.3, -0.25) is 9.97 Å². The second kappa shape index (κ2) is 6.45. The molecule has 0 saturated carbocycles. The molecule has 0 aromatic carbocycles. The van der Waals surface area contributed by atoms with Gasteiger partial charge >= 0.3 is 0 Å². The van der Waals surface area contributed by atoms with Gasteiger partial charge in [0.1, 0.15) is 11.4 Å². The van der Waals surface area contributed by atoms with E-state index < -0.39 is 6.43 Å². The van der Waals surface area contributed by atoms with Crippen molar-refractivity contribution in [3.8, 4) is 22.6 Å². The molecule has 0 atom stereocenters. The normalized spacial score (nSPS) is 11.2. The summed E-state index contributed by atoms with van der Waals surface area (Å²) in [5.74, 6) is 0.341. The standard InChI is InChI=1S/C16H14F2N4S/c1-9-14(15(17)18)22-16(21-9)13-6-10(3-4-20-13)11-5-12(23-2)8-19-7-11/h3-8,15H,1-2H3,(H,21,22). The third-order valence-electron chi connectivity index (χ3n) is 3.41. The minimum Gasteiger partial charge on any atom is -0.340 e. The number of alkyl halides is 2. The van der Waals surface area contributed by atoms with Crippen LogP contribution in [0.1, 0.15) is 17.8 Å². The predicted molar refractivity (Wildman–Crippen MR) is 86.5 cm³/mol. The molecule has 23 heavy (non-hydrogen) atoms. The highest BCUT2D eigenvalue weighted by molar-refractivity contribution is 7.98. The van der Waals surface area contributed by atoms with Gasteiger partial charge in [0, 0.05) is 34.7 Å². The quantitative estimate of drug-likeness (QED) is 0.715. The Balaban J connectivity index is 2.01. The van der Waals surface area contributed by atoms with Crippen LogP contribution < -0.4 is 0 Å². The largest absolute Gasteiger partial charge is 0.340 e. The van der Waals surface area contributed by atoms with Gasteiger partial charge < -0.3 is 4.98 Å². The smallest absolute Gasteiger partial charge is 0.282 e. The Morgan fingerprint density at radius 1 is 1.17 bits per heavy atom. The molecule has 0 fully saturated rings. The van der Waals surface area contributed by atoms with E-state index in [1.165, 1.54) is 0 Å². The molecule has 0 unspecified atom stereocenters. The summed E-state index contributed by atoms with van der Waals surface area (Å²) in [5, 5.41) is 0. The van der Waals surface area contributed by atoms with Crippen LogP contribution in [0.5, 0.6) is 0 Å². The minimum absolute atomic E-state index is 0.238. The third kappa shape index (κ3) is 3.24. The van der Waals surface area contributed by atoms with E-state index >= 15 is 0 Å². The lowest BCUT2D eigenvalue weighted by Crippen LogP contribution is -1.89. The zero-order valence-corrected chi connectivity index (χ0v) is 13.4. The molecule has 0 aliphatic rings. The zero-order chi connectivity index (χ0) is 16.4. The molecular weight excluding hydrogens is 318 g/mol. The monoisotopic (exact) mass is 332 g/mol. The number of thioether (sulfide) groups is 1. The van der Waals surface area contributed by atoms with Crippen LogP contribution in [-0.2, 0) is 0 Å². The molecule has 0 spiro atoms. The first-order valence-electron chi connectivity index (χ1n) is 6.89. The maximum Gasteiger partial charge on any atom is 0.282 e. The molecule has 3 rings (SSSR count). The number of aromatic amines is 1. The highest BCUT2D eigenvalue weighted by Crippen LogP contribution is 2.28. The Bertz CT molecular complexity index is 832. The van der Waals surface area contributed by atoms with E-state index in [9.17, 15) is 8.78 Å². The molecule has 118 valence electrons. The molecular formula is C16H14F2N4S. The molecule has 0 saturated heterocycles. The van der Waals surface area contributed by atoms with Crippen molar-refractivity contribution in [2.45, 2.75) is 18.2 Å². The lowest BCUT2D eigenvalue weighted by atomic mass is 10.1. The van der Waals surface area contributed by atoms with Crippen LogP contribution in [0.2, 0.25) is 0 Å². The highest BCUT2D eigenvalue weighted by atomic mass is 32.2. The number of H-pyrrole nitrogens is 1. The van der Waals surface area contributed by atoms with Crippen LogP contribution in [0.4, 0.5) is 8.78 Å². The van der Waals surface area contributed by atoms with Crippen molar-refractivity contribution >= 4 is 11.8 Å². The lowest BCUT2D eigenvalue weighted by Gasteiger charge is -2.04. The molecule has 1 N–H and O–H groups in total. The number of nitrogens with one attached hydrogen (secondary N) is 1. The highest BCUT2D eigenvalue weighted by Gasteiger charge is 2.17. The second-order valence-electron chi connectivity index (χ2n) is 4.94. The number of hydrogen-bond donors (Lipinski definition) is 1. The number of nitrogens with zero attached hydrogens (tertiary/aromatic N) is 3. The Kier molecular flexibility index (Phi) is 4.38. The van der Waals surface area contributed by atoms with Crippen LogP contribution in [-0.4, -0.2) is 26.2 Å². The van der Waals surface area contributed by atoms with Crippen LogP contribution in [0.25, 0.3) is 22.6 Å². The van der Waals surface area contributed by atoms with Crippen molar-refractivity contribution < 1.29 is 8.78 Å². The van der Waals surface area contributed by atoms with E-state index in [1.54, 1.807) is 37.3 Å². The van der Waals surface area contributed by atoms with Crippen molar-refractivity contribution in [3.05, 3.63) is 48.2 Å². The summed E-state index contributed by atoms with van der Waals surface area (Å²) >= 11 is 1.61. The number of aryl methyl sites for hydroxylation is 1. The number of aromatic nitrogens is 4. The van der Waals surface area contributed by atoms with Crippen molar-refractivity contribution in [2.75, 3.05) is 6.26 Å². The van der Waals surface area contributed by atoms with Crippen molar-refractivity contribution in [1.82, 2.24) is 19.9 Å². The van der Waals surface area contributed by atoms with Crippen molar-refractivity contribution in [1.29, 1.82) is 0 Å². The molecule has 7 heteroatoms. The number of rotatable bonds is 4. The summed E-state index contributed by atoms with van der Waals surface area (Å²) in [4.78, 5) is 16.3. The molecule has 0 bridgehead atoms. The van der Waals surface area contributed by atoms with Gasteiger partial charge in [-0.15, -0.1) is 11.8 Å². The Morgan fingerprint density at radius 2 is 2.00 bits per heavy atom. The first-order valence-corrected chi connectivity index (χ1v) is 8.11. The van der Waals surface area contributed by atoms with Gasteiger partial charge in [0.15, 0.2) is 5.82 Å². The van der Waals surface area contributed by atoms with Crippen molar-refractivity contribution in [3.63, 3.8) is 0 Å². The number of hydrogen-bond acceptors (Lipinski definition) is 4. The number of pyridine rings is 2. The topological polar surface area (TPSA) is 54.5 Å². The van der Waals surface area contributed by atoms with Gasteiger partial charge in [-0.25, -0.2) is 13.8 Å². The molecule has 3 aromatic rings. The summed E-state index contributed by atoms with van der Waals surface area (Å²) < 4.78 is 25.7. The summed E-state index contributed by atoms with van der Waals surface area (Å²) in [6.45, 7) is 1.58. The van der Waals surface area contributed by atoms with Gasteiger partial charge in [0.05, 0.1) is 0 Å². The molecule has 3 heterocycles. The van der Waals surface area contributed by atoms with Crippen LogP contribution >= 0.6 is 11.8 Å². The first-order chi connectivity index (χ1) is 11.1. The van der Waals surface area contributed by atoms with Crippen LogP contribution in [0, 0.1) is 6.92 Å². The van der Waals surface area contributed by atoms with Gasteiger partial charge in [0.2, 0.25) is 0 Å². The Hall–Kier alpha value is -2.28. The van der Waals surface area contributed by atoms with Gasteiger partial charge in [-0.1, -0.05) is 0 Å². The SMILES string of the molecule is CSc1cncc(-c2ccnc(-c3nc(C(F)F)c(C)[nH]3)c2)c1. The average Bonchev–Trinajstić information content (AvgIpc) is 2.97. The van der Waals surface area contributed by atoms with E-state index in [0.717, 1.165) is 16.0 Å². The lowest BCUT2D eigenvalue weighted by molar-refractivity contribution is 0.146. The van der Waals surface area contributed by atoms with Crippen LogP contribution in [0.15, 0.2) is 41.7 Å². The van der Waals surface area contributed by atoms with E-state index in [1.807, 2.05) is 24.5 Å². The van der Waals surface area contributed by atoms with E-state index in [4.69, 9.17) is 0 Å². The summed E-state index contributed by atoms with van der Waals surface area (Å²) in [7, 11) is 0. The maximum atomic E-state index is 12.9. The molecule has 0 aliphatic carbocycles.